The second-order valence-corrected chi connectivity index (χ2v) is 10.8. The van der Waals surface area contributed by atoms with Gasteiger partial charge in [0, 0.05) is 17.2 Å². The van der Waals surface area contributed by atoms with E-state index in [0.29, 0.717) is 0 Å². The zero-order valence-electron chi connectivity index (χ0n) is 22.9. The summed E-state index contributed by atoms with van der Waals surface area (Å²) in [4.78, 5) is 4.77. The molecule has 2 heteroatoms. The zero-order valence-corrected chi connectivity index (χ0v) is 22.9. The van der Waals surface area contributed by atoms with Gasteiger partial charge in [0.05, 0.1) is 11.3 Å². The van der Waals surface area contributed by atoms with E-state index in [1.54, 1.807) is 0 Å². The van der Waals surface area contributed by atoms with E-state index < -0.39 is 5.60 Å². The van der Waals surface area contributed by atoms with E-state index in [2.05, 4.69) is 89.2 Å². The molecule has 190 valence electrons. The molecule has 1 aliphatic rings. The van der Waals surface area contributed by atoms with Crippen LogP contribution in [0, 0.1) is 13.8 Å². The number of aryl methyl sites for hydroxylation is 3. The van der Waals surface area contributed by atoms with Crippen LogP contribution in [-0.4, -0.2) is 15.7 Å². The third kappa shape index (κ3) is 5.34. The molecule has 0 amide bonds. The Bertz CT molecular complexity index is 1190. The SMILES string of the molecule is CCCc1ccc(-c2ccc(C(CC)(CC)c3ccc(/C=C/C4(O)CCCC4)c(C)c3)cc2C)nc1. The fraction of sp³-hybridized carbons (Fsp3) is 0.441. The first-order valence-corrected chi connectivity index (χ1v) is 13.9. The Kier molecular flexibility index (Phi) is 8.15. The van der Waals surface area contributed by atoms with Crippen LogP contribution in [0.2, 0.25) is 0 Å². The van der Waals surface area contributed by atoms with Crippen LogP contribution in [0.5, 0.6) is 0 Å². The van der Waals surface area contributed by atoms with Gasteiger partial charge < -0.3 is 5.11 Å². The summed E-state index contributed by atoms with van der Waals surface area (Å²) in [7, 11) is 0. The van der Waals surface area contributed by atoms with Gasteiger partial charge in [0.2, 0.25) is 0 Å². The number of aromatic nitrogens is 1. The van der Waals surface area contributed by atoms with E-state index in [4.69, 9.17) is 4.98 Å². The minimum Gasteiger partial charge on any atom is -0.386 e. The molecule has 2 aromatic carbocycles. The number of nitrogens with zero attached hydrogens (tertiary/aromatic N) is 1. The molecule has 2 nitrogen and oxygen atoms in total. The van der Waals surface area contributed by atoms with Gasteiger partial charge in [-0.3, -0.25) is 4.98 Å². The van der Waals surface area contributed by atoms with Crippen LogP contribution in [0.3, 0.4) is 0 Å². The van der Waals surface area contributed by atoms with Gasteiger partial charge in [-0.2, -0.15) is 0 Å². The maximum absolute atomic E-state index is 10.7. The summed E-state index contributed by atoms with van der Waals surface area (Å²) in [5.41, 5.74) is 9.40. The highest BCUT2D eigenvalue weighted by Gasteiger charge is 2.32. The number of hydrogen-bond donors (Lipinski definition) is 1. The van der Waals surface area contributed by atoms with Gasteiger partial charge in [-0.15, -0.1) is 0 Å². The monoisotopic (exact) mass is 481 g/mol. The van der Waals surface area contributed by atoms with Gasteiger partial charge in [-0.1, -0.05) is 94.7 Å². The van der Waals surface area contributed by atoms with Crippen molar-refractivity contribution in [2.45, 2.75) is 97.0 Å². The van der Waals surface area contributed by atoms with E-state index in [1.165, 1.54) is 38.9 Å². The molecule has 1 aromatic heterocycles. The molecule has 0 radical (unpaired) electrons. The molecular formula is C34H43NO. The highest BCUT2D eigenvalue weighted by atomic mass is 16.3. The minimum absolute atomic E-state index is 0.0294. The van der Waals surface area contributed by atoms with Crippen LogP contribution in [0.1, 0.15) is 99.1 Å². The standard InChI is InChI=1S/C34H43NO/c1-6-11-27-12-17-32(35-24-27)31-16-15-30(23-26(31)5)34(7-2,8-3)29-14-13-28(25(4)22-29)18-21-33(36)19-9-10-20-33/h12-18,21-24,36H,6-11,19-20H2,1-5H3/b21-18+. The zero-order chi connectivity index (χ0) is 25.8. The Balaban J connectivity index is 1.64. The smallest absolute Gasteiger partial charge is 0.0830 e. The third-order valence-electron chi connectivity index (χ3n) is 8.49. The number of hydrogen-bond acceptors (Lipinski definition) is 2. The van der Waals surface area contributed by atoms with Crippen molar-refractivity contribution in [2.24, 2.45) is 0 Å². The normalized spacial score (nSPS) is 15.6. The van der Waals surface area contributed by atoms with Crippen LogP contribution < -0.4 is 0 Å². The van der Waals surface area contributed by atoms with E-state index in [1.807, 2.05) is 12.3 Å². The molecule has 0 saturated heterocycles. The average molecular weight is 482 g/mol. The molecule has 0 atom stereocenters. The quantitative estimate of drug-likeness (QED) is 0.331. The predicted octanol–water partition coefficient (Wildman–Crippen LogP) is 8.74. The summed E-state index contributed by atoms with van der Waals surface area (Å²) in [5, 5.41) is 10.7. The largest absolute Gasteiger partial charge is 0.386 e. The van der Waals surface area contributed by atoms with Crippen molar-refractivity contribution in [3.8, 4) is 11.3 Å². The first-order chi connectivity index (χ1) is 17.3. The molecule has 1 saturated carbocycles. The van der Waals surface area contributed by atoms with Gasteiger partial charge in [0.25, 0.3) is 0 Å². The molecule has 3 aromatic rings. The molecule has 0 bridgehead atoms. The first kappa shape index (κ1) is 26.4. The van der Waals surface area contributed by atoms with Crippen molar-refractivity contribution in [1.82, 2.24) is 4.98 Å². The molecule has 1 aliphatic carbocycles. The Morgan fingerprint density at radius 1 is 0.889 bits per heavy atom. The maximum atomic E-state index is 10.7. The number of benzene rings is 2. The summed E-state index contributed by atoms with van der Waals surface area (Å²) in [5.74, 6) is 0. The Morgan fingerprint density at radius 2 is 1.56 bits per heavy atom. The van der Waals surface area contributed by atoms with Crippen molar-refractivity contribution in [3.05, 3.63) is 94.2 Å². The van der Waals surface area contributed by atoms with Crippen molar-refractivity contribution in [3.63, 3.8) is 0 Å². The van der Waals surface area contributed by atoms with Crippen LogP contribution in [0.4, 0.5) is 0 Å². The molecular weight excluding hydrogens is 438 g/mol. The lowest BCUT2D eigenvalue weighted by molar-refractivity contribution is 0.100. The third-order valence-corrected chi connectivity index (χ3v) is 8.49. The van der Waals surface area contributed by atoms with E-state index >= 15 is 0 Å². The lowest BCUT2D eigenvalue weighted by Crippen LogP contribution is -2.26. The van der Waals surface area contributed by atoms with E-state index in [9.17, 15) is 5.11 Å². The molecule has 1 fully saturated rings. The topological polar surface area (TPSA) is 33.1 Å². The second kappa shape index (κ2) is 11.1. The van der Waals surface area contributed by atoms with Crippen LogP contribution in [0.15, 0.2) is 60.8 Å². The molecule has 36 heavy (non-hydrogen) atoms. The highest BCUT2D eigenvalue weighted by Crippen LogP contribution is 2.41. The van der Waals surface area contributed by atoms with Gasteiger partial charge in [-0.25, -0.2) is 0 Å². The van der Waals surface area contributed by atoms with Crippen molar-refractivity contribution in [1.29, 1.82) is 0 Å². The summed E-state index contributed by atoms with van der Waals surface area (Å²) in [6, 6.07) is 18.2. The fourth-order valence-electron chi connectivity index (χ4n) is 6.06. The predicted molar refractivity (Wildman–Crippen MR) is 153 cm³/mol. The molecule has 1 N–H and O–H groups in total. The number of pyridine rings is 1. The average Bonchev–Trinajstić information content (AvgIpc) is 3.32. The first-order valence-electron chi connectivity index (χ1n) is 13.9. The van der Waals surface area contributed by atoms with Crippen LogP contribution in [0.25, 0.3) is 17.3 Å². The van der Waals surface area contributed by atoms with Crippen molar-refractivity contribution in [2.75, 3.05) is 0 Å². The molecule has 0 unspecified atom stereocenters. The molecule has 4 rings (SSSR count). The Hall–Kier alpha value is -2.71. The van der Waals surface area contributed by atoms with Crippen LogP contribution in [-0.2, 0) is 11.8 Å². The number of rotatable bonds is 9. The van der Waals surface area contributed by atoms with Gasteiger partial charge in [0.1, 0.15) is 0 Å². The Labute approximate surface area is 218 Å². The molecule has 0 aliphatic heterocycles. The summed E-state index contributed by atoms with van der Waals surface area (Å²) < 4.78 is 0. The second-order valence-electron chi connectivity index (χ2n) is 10.8. The lowest BCUT2D eigenvalue weighted by atomic mass is 9.69. The number of aliphatic hydroxyl groups is 1. The fourth-order valence-corrected chi connectivity index (χ4v) is 6.06. The maximum Gasteiger partial charge on any atom is 0.0830 e. The summed E-state index contributed by atoms with van der Waals surface area (Å²) >= 11 is 0. The van der Waals surface area contributed by atoms with E-state index in [-0.39, 0.29) is 5.41 Å². The van der Waals surface area contributed by atoms with Gasteiger partial charge in [0.15, 0.2) is 0 Å². The van der Waals surface area contributed by atoms with Crippen molar-refractivity contribution >= 4 is 6.08 Å². The minimum atomic E-state index is -0.619. The van der Waals surface area contributed by atoms with Crippen LogP contribution >= 0.6 is 0 Å². The molecule has 0 spiro atoms. The molecule has 1 heterocycles. The highest BCUT2D eigenvalue weighted by molar-refractivity contribution is 5.65. The summed E-state index contributed by atoms with van der Waals surface area (Å²) in [6.45, 7) is 11.2. The summed E-state index contributed by atoms with van der Waals surface area (Å²) in [6.07, 6.45) is 14.5. The Morgan fingerprint density at radius 3 is 2.11 bits per heavy atom. The van der Waals surface area contributed by atoms with Crippen molar-refractivity contribution < 1.29 is 5.11 Å². The van der Waals surface area contributed by atoms with Gasteiger partial charge >= 0.3 is 0 Å². The van der Waals surface area contributed by atoms with E-state index in [0.717, 1.165) is 57.1 Å². The van der Waals surface area contributed by atoms with Gasteiger partial charge in [-0.05, 0) is 85.4 Å². The lowest BCUT2D eigenvalue weighted by Gasteiger charge is -2.34.